The molecular weight excluding hydrogens is 370 g/mol. The fourth-order valence-corrected chi connectivity index (χ4v) is 5.39. The van der Waals surface area contributed by atoms with Crippen LogP contribution in [0.4, 0.5) is 0 Å². The van der Waals surface area contributed by atoms with Crippen molar-refractivity contribution in [2.75, 3.05) is 5.75 Å². The van der Waals surface area contributed by atoms with Gasteiger partial charge in [0.05, 0.1) is 11.4 Å². The number of amides is 1. The number of benzene rings is 1. The molecule has 1 fully saturated rings. The van der Waals surface area contributed by atoms with Gasteiger partial charge in [-0.05, 0) is 42.6 Å². The summed E-state index contributed by atoms with van der Waals surface area (Å²) >= 11 is 8.30. The number of thioether (sulfide) groups is 1. The van der Waals surface area contributed by atoms with Crippen molar-refractivity contribution in [1.82, 2.24) is 15.1 Å². The topological polar surface area (TPSA) is 46.9 Å². The van der Waals surface area contributed by atoms with Crippen molar-refractivity contribution >= 4 is 41.2 Å². The van der Waals surface area contributed by atoms with Gasteiger partial charge in [-0.25, -0.2) is 4.68 Å². The van der Waals surface area contributed by atoms with Crippen LogP contribution in [0.2, 0.25) is 0 Å². The number of hydrogen-bond donors (Lipinski definition) is 1. The summed E-state index contributed by atoms with van der Waals surface area (Å²) < 4.78 is 3.28. The molecule has 1 amide bonds. The lowest BCUT2D eigenvalue weighted by atomic mass is 9.78. The zero-order valence-electron chi connectivity index (χ0n) is 14.5. The fourth-order valence-electron chi connectivity index (χ4n) is 3.21. The molecular formula is C18H23N3OS3. The molecule has 1 aliphatic rings. The number of rotatable bonds is 5. The van der Waals surface area contributed by atoms with Crippen LogP contribution in [-0.2, 0) is 4.79 Å². The Morgan fingerprint density at radius 2 is 2.12 bits per heavy atom. The molecule has 0 aliphatic heterocycles. The summed E-state index contributed by atoms with van der Waals surface area (Å²) in [6, 6.07) is 10.1. The average molecular weight is 394 g/mol. The summed E-state index contributed by atoms with van der Waals surface area (Å²) in [6.07, 6.45) is 3.55. The highest BCUT2D eigenvalue weighted by molar-refractivity contribution is 8.01. The van der Waals surface area contributed by atoms with E-state index in [0.717, 1.165) is 16.4 Å². The van der Waals surface area contributed by atoms with E-state index >= 15 is 0 Å². The van der Waals surface area contributed by atoms with Gasteiger partial charge in [-0.2, -0.15) is 0 Å². The monoisotopic (exact) mass is 393 g/mol. The lowest BCUT2D eigenvalue weighted by molar-refractivity contribution is -0.119. The zero-order chi connectivity index (χ0) is 17.8. The minimum atomic E-state index is 0.0864. The van der Waals surface area contributed by atoms with E-state index in [1.165, 1.54) is 35.9 Å². The molecule has 1 aliphatic carbocycles. The molecule has 25 heavy (non-hydrogen) atoms. The van der Waals surface area contributed by atoms with Crippen LogP contribution in [0.5, 0.6) is 0 Å². The fraction of sp³-hybridized carbons (Fsp3) is 0.500. The molecule has 7 heteroatoms. The van der Waals surface area contributed by atoms with Gasteiger partial charge < -0.3 is 5.32 Å². The molecule has 1 saturated carbocycles. The Labute approximate surface area is 162 Å². The van der Waals surface area contributed by atoms with Crippen LogP contribution in [0.3, 0.4) is 0 Å². The minimum absolute atomic E-state index is 0.0864. The van der Waals surface area contributed by atoms with Gasteiger partial charge in [-0.15, -0.1) is 5.10 Å². The molecule has 1 aromatic heterocycles. The molecule has 0 spiro atoms. The van der Waals surface area contributed by atoms with Gasteiger partial charge in [0.15, 0.2) is 8.29 Å². The molecule has 0 saturated heterocycles. The standard InChI is InChI=1S/C18H23N3OS3/c1-12-7-6-10-15(13(12)2)19-16(22)11-24-17-20-21(18(23)25-17)14-8-4-3-5-9-14/h3-5,8-9,12-13,15H,6-7,10-11H2,1-2H3,(H,19,22)/t12-,13+,15-/m1/s1. The van der Waals surface area contributed by atoms with E-state index in [2.05, 4.69) is 24.3 Å². The summed E-state index contributed by atoms with van der Waals surface area (Å²) in [7, 11) is 0. The predicted octanol–water partition coefficient (Wildman–Crippen LogP) is 4.70. The maximum atomic E-state index is 12.3. The summed E-state index contributed by atoms with van der Waals surface area (Å²) in [6.45, 7) is 4.52. The number of carbonyl (C=O) groups excluding carboxylic acids is 1. The van der Waals surface area contributed by atoms with E-state index in [1.54, 1.807) is 4.68 Å². The lowest BCUT2D eigenvalue weighted by Crippen LogP contribution is -2.44. The molecule has 0 radical (unpaired) electrons. The molecule has 0 unspecified atom stereocenters. The highest BCUT2D eigenvalue weighted by Gasteiger charge is 2.28. The molecule has 4 nitrogen and oxygen atoms in total. The third-order valence-electron chi connectivity index (χ3n) is 4.91. The number of para-hydroxylation sites is 1. The van der Waals surface area contributed by atoms with Gasteiger partial charge in [-0.3, -0.25) is 4.79 Å². The molecule has 3 rings (SSSR count). The van der Waals surface area contributed by atoms with Crippen LogP contribution in [0, 0.1) is 15.8 Å². The molecule has 134 valence electrons. The van der Waals surface area contributed by atoms with Crippen molar-refractivity contribution in [1.29, 1.82) is 0 Å². The normalized spacial score (nSPS) is 23.4. The van der Waals surface area contributed by atoms with Crippen LogP contribution >= 0.6 is 35.3 Å². The second kappa shape index (κ2) is 8.47. The van der Waals surface area contributed by atoms with E-state index in [9.17, 15) is 4.79 Å². The Morgan fingerprint density at radius 1 is 1.36 bits per heavy atom. The van der Waals surface area contributed by atoms with E-state index in [4.69, 9.17) is 12.2 Å². The average Bonchev–Trinajstić information content (AvgIpc) is 2.99. The maximum absolute atomic E-state index is 12.3. The second-order valence-electron chi connectivity index (χ2n) is 6.61. The number of carbonyl (C=O) groups is 1. The van der Waals surface area contributed by atoms with Crippen LogP contribution in [0.1, 0.15) is 33.1 Å². The highest BCUT2D eigenvalue weighted by atomic mass is 32.2. The van der Waals surface area contributed by atoms with Crippen molar-refractivity contribution in [2.45, 2.75) is 43.5 Å². The van der Waals surface area contributed by atoms with Gasteiger partial charge in [-0.1, -0.05) is 68.0 Å². The van der Waals surface area contributed by atoms with Gasteiger partial charge in [0, 0.05) is 6.04 Å². The third kappa shape index (κ3) is 4.71. The zero-order valence-corrected chi connectivity index (χ0v) is 16.9. The first kappa shape index (κ1) is 18.6. The van der Waals surface area contributed by atoms with Crippen LogP contribution in [0.15, 0.2) is 34.7 Å². The van der Waals surface area contributed by atoms with Crippen molar-refractivity contribution in [2.24, 2.45) is 11.8 Å². The summed E-state index contributed by atoms with van der Waals surface area (Å²) in [5.74, 6) is 1.69. The molecule has 1 aromatic carbocycles. The van der Waals surface area contributed by atoms with Crippen LogP contribution < -0.4 is 5.32 Å². The predicted molar refractivity (Wildman–Crippen MR) is 107 cm³/mol. The van der Waals surface area contributed by atoms with Crippen LogP contribution in [-0.4, -0.2) is 27.5 Å². The SMILES string of the molecule is C[C@H]1[C@H](C)CCC[C@H]1NC(=O)CSc1nn(-c2ccccc2)c(=S)s1. The van der Waals surface area contributed by atoms with Gasteiger partial charge >= 0.3 is 0 Å². The minimum Gasteiger partial charge on any atom is -0.352 e. The Kier molecular flexibility index (Phi) is 6.30. The molecule has 1 heterocycles. The highest BCUT2D eigenvalue weighted by Crippen LogP contribution is 2.30. The summed E-state index contributed by atoms with van der Waals surface area (Å²) in [5, 5.41) is 7.75. The number of nitrogens with one attached hydrogen (secondary N) is 1. The maximum Gasteiger partial charge on any atom is 0.230 e. The molecule has 1 N–H and O–H groups in total. The van der Waals surface area contributed by atoms with Crippen molar-refractivity contribution in [3.05, 3.63) is 34.3 Å². The molecule has 3 atom stereocenters. The second-order valence-corrected chi connectivity index (χ2v) is 9.46. The largest absolute Gasteiger partial charge is 0.352 e. The van der Waals surface area contributed by atoms with Crippen LogP contribution in [0.25, 0.3) is 5.69 Å². The Hall–Kier alpha value is -1.18. The molecule has 0 bridgehead atoms. The van der Waals surface area contributed by atoms with E-state index < -0.39 is 0 Å². The first-order valence-corrected chi connectivity index (χ1v) is 10.8. The number of nitrogens with zero attached hydrogens (tertiary/aromatic N) is 2. The lowest BCUT2D eigenvalue weighted by Gasteiger charge is -2.34. The van der Waals surface area contributed by atoms with Crippen molar-refractivity contribution < 1.29 is 4.79 Å². The molecule has 2 aromatic rings. The van der Waals surface area contributed by atoms with E-state index in [0.29, 0.717) is 27.6 Å². The number of hydrogen-bond acceptors (Lipinski definition) is 5. The Morgan fingerprint density at radius 3 is 2.88 bits per heavy atom. The Bertz CT molecular complexity index is 771. The first-order valence-electron chi connectivity index (χ1n) is 8.62. The van der Waals surface area contributed by atoms with Crippen molar-refractivity contribution in [3.8, 4) is 5.69 Å². The van der Waals surface area contributed by atoms with Gasteiger partial charge in [0.1, 0.15) is 0 Å². The Balaban J connectivity index is 1.57. The van der Waals surface area contributed by atoms with E-state index in [-0.39, 0.29) is 5.91 Å². The third-order valence-corrected chi connectivity index (χ3v) is 7.28. The quantitative estimate of drug-likeness (QED) is 0.591. The summed E-state index contributed by atoms with van der Waals surface area (Å²) in [5.41, 5.74) is 0.949. The van der Waals surface area contributed by atoms with E-state index in [1.807, 2.05) is 30.3 Å². The summed E-state index contributed by atoms with van der Waals surface area (Å²) in [4.78, 5) is 12.3. The van der Waals surface area contributed by atoms with Gasteiger partial charge in [0.25, 0.3) is 0 Å². The first-order chi connectivity index (χ1) is 12.0. The van der Waals surface area contributed by atoms with Gasteiger partial charge in [0.2, 0.25) is 5.91 Å². The number of aromatic nitrogens is 2. The van der Waals surface area contributed by atoms with Crippen molar-refractivity contribution in [3.63, 3.8) is 0 Å². The smallest absolute Gasteiger partial charge is 0.230 e.